The molecule has 3 rings (SSSR count). The summed E-state index contributed by atoms with van der Waals surface area (Å²) in [7, 11) is 0. The van der Waals surface area contributed by atoms with Crippen LogP contribution in [0.4, 0.5) is 10.2 Å². The van der Waals surface area contributed by atoms with E-state index in [1.807, 2.05) is 29.3 Å². The largest absolute Gasteiger partial charge is 0.353 e. The summed E-state index contributed by atoms with van der Waals surface area (Å²) in [5.74, 6) is 0.753. The molecule has 0 radical (unpaired) electrons. The monoisotopic (exact) mass is 284 g/mol. The van der Waals surface area contributed by atoms with Crippen LogP contribution in [0.25, 0.3) is 0 Å². The number of anilines is 1. The number of rotatable bonds is 3. The normalized spacial score (nSPS) is 15.7. The third kappa shape index (κ3) is 3.37. The Morgan fingerprint density at radius 3 is 2.48 bits per heavy atom. The van der Waals surface area contributed by atoms with Crippen LogP contribution in [0.3, 0.4) is 0 Å². The minimum atomic E-state index is -0.242. The van der Waals surface area contributed by atoms with E-state index in [1.165, 1.54) is 6.07 Å². The number of nitrogens with zero attached hydrogens (tertiary/aromatic N) is 4. The number of benzene rings is 1. The van der Waals surface area contributed by atoms with Crippen molar-refractivity contribution in [3.63, 3.8) is 0 Å². The quantitative estimate of drug-likeness (QED) is 0.811. The van der Waals surface area contributed by atoms with Gasteiger partial charge in [-0.2, -0.15) is 5.10 Å². The summed E-state index contributed by atoms with van der Waals surface area (Å²) in [4.78, 5) is 6.58. The van der Waals surface area contributed by atoms with Gasteiger partial charge < -0.3 is 4.90 Å². The van der Waals surface area contributed by atoms with Gasteiger partial charge in [0.05, 0.1) is 19.3 Å². The lowest BCUT2D eigenvalue weighted by Gasteiger charge is -2.33. The van der Waals surface area contributed by atoms with Crippen LogP contribution in [0.1, 0.15) is 5.56 Å². The second-order valence-corrected chi connectivity index (χ2v) is 4.89. The molecular weight excluding hydrogens is 267 g/mol. The van der Waals surface area contributed by atoms with E-state index in [4.69, 9.17) is 0 Å². The summed E-state index contributed by atoms with van der Waals surface area (Å²) in [6, 6.07) is 12.6. The van der Waals surface area contributed by atoms with E-state index in [9.17, 15) is 4.39 Å². The van der Waals surface area contributed by atoms with Crippen LogP contribution in [0.15, 0.2) is 53.8 Å². The van der Waals surface area contributed by atoms with Gasteiger partial charge in [0.1, 0.15) is 11.6 Å². The van der Waals surface area contributed by atoms with Crippen molar-refractivity contribution in [2.24, 2.45) is 5.10 Å². The summed E-state index contributed by atoms with van der Waals surface area (Å²) in [6.45, 7) is 3.35. The van der Waals surface area contributed by atoms with Crippen molar-refractivity contribution in [2.45, 2.75) is 0 Å². The molecule has 2 heterocycles. The molecule has 1 aromatic carbocycles. The molecule has 1 fully saturated rings. The number of hydrazone groups is 1. The third-order valence-electron chi connectivity index (χ3n) is 3.49. The van der Waals surface area contributed by atoms with E-state index < -0.39 is 0 Å². The van der Waals surface area contributed by atoms with Gasteiger partial charge in [0.15, 0.2) is 0 Å². The number of pyridine rings is 1. The predicted octanol–water partition coefficient (Wildman–Crippen LogP) is 2.38. The van der Waals surface area contributed by atoms with Gasteiger partial charge in [-0.05, 0) is 18.2 Å². The van der Waals surface area contributed by atoms with Gasteiger partial charge in [0.2, 0.25) is 0 Å². The first kappa shape index (κ1) is 13.5. The molecular formula is C16H17FN4. The number of hydrogen-bond donors (Lipinski definition) is 0. The van der Waals surface area contributed by atoms with Crippen molar-refractivity contribution in [1.82, 2.24) is 9.99 Å². The second-order valence-electron chi connectivity index (χ2n) is 4.89. The van der Waals surface area contributed by atoms with Crippen LogP contribution in [0.2, 0.25) is 0 Å². The lowest BCUT2D eigenvalue weighted by atomic mass is 10.2. The Morgan fingerprint density at radius 2 is 1.76 bits per heavy atom. The van der Waals surface area contributed by atoms with Crippen molar-refractivity contribution < 1.29 is 4.39 Å². The fourth-order valence-electron chi connectivity index (χ4n) is 2.30. The summed E-state index contributed by atoms with van der Waals surface area (Å²) in [5, 5.41) is 6.33. The molecule has 1 aliphatic heterocycles. The highest BCUT2D eigenvalue weighted by Gasteiger charge is 2.16. The lowest BCUT2D eigenvalue weighted by Crippen LogP contribution is -2.44. The van der Waals surface area contributed by atoms with Crippen LogP contribution in [-0.2, 0) is 0 Å². The highest BCUT2D eigenvalue weighted by molar-refractivity contribution is 5.79. The van der Waals surface area contributed by atoms with Gasteiger partial charge in [-0.1, -0.05) is 24.3 Å². The Kier molecular flexibility index (Phi) is 4.09. The topological polar surface area (TPSA) is 31.7 Å². The van der Waals surface area contributed by atoms with Crippen molar-refractivity contribution in [1.29, 1.82) is 0 Å². The van der Waals surface area contributed by atoms with Gasteiger partial charge >= 0.3 is 0 Å². The maximum absolute atomic E-state index is 13.5. The molecule has 2 aromatic rings. The third-order valence-corrected chi connectivity index (χ3v) is 3.49. The van der Waals surface area contributed by atoms with Crippen LogP contribution in [0.5, 0.6) is 0 Å². The molecule has 0 amide bonds. The zero-order chi connectivity index (χ0) is 14.5. The van der Waals surface area contributed by atoms with E-state index >= 15 is 0 Å². The molecule has 0 saturated carbocycles. The van der Waals surface area contributed by atoms with Crippen LogP contribution < -0.4 is 4.90 Å². The smallest absolute Gasteiger partial charge is 0.132 e. The van der Waals surface area contributed by atoms with Gasteiger partial charge in [-0.25, -0.2) is 9.37 Å². The molecule has 4 nitrogen and oxygen atoms in total. The van der Waals surface area contributed by atoms with E-state index in [-0.39, 0.29) is 5.82 Å². The predicted molar refractivity (Wildman–Crippen MR) is 82.0 cm³/mol. The minimum Gasteiger partial charge on any atom is -0.353 e. The first-order valence-corrected chi connectivity index (χ1v) is 7.02. The summed E-state index contributed by atoms with van der Waals surface area (Å²) in [6.07, 6.45) is 3.39. The van der Waals surface area contributed by atoms with Crippen LogP contribution in [-0.4, -0.2) is 42.4 Å². The minimum absolute atomic E-state index is 0.242. The highest BCUT2D eigenvalue weighted by Crippen LogP contribution is 2.12. The molecule has 0 unspecified atom stereocenters. The Bertz CT molecular complexity index is 607. The van der Waals surface area contributed by atoms with Gasteiger partial charge in [0, 0.05) is 24.8 Å². The summed E-state index contributed by atoms with van der Waals surface area (Å²) >= 11 is 0. The highest BCUT2D eigenvalue weighted by atomic mass is 19.1. The van der Waals surface area contributed by atoms with E-state index in [0.29, 0.717) is 5.56 Å². The zero-order valence-corrected chi connectivity index (χ0v) is 11.7. The molecule has 1 aromatic heterocycles. The Morgan fingerprint density at radius 1 is 1.00 bits per heavy atom. The van der Waals surface area contributed by atoms with Crippen molar-refractivity contribution in [3.05, 3.63) is 60.0 Å². The molecule has 1 aliphatic rings. The van der Waals surface area contributed by atoms with Crippen molar-refractivity contribution >= 4 is 12.0 Å². The average molecular weight is 284 g/mol. The number of halogens is 1. The zero-order valence-electron chi connectivity index (χ0n) is 11.7. The van der Waals surface area contributed by atoms with Crippen LogP contribution in [0, 0.1) is 5.82 Å². The number of piperazine rings is 1. The Labute approximate surface area is 123 Å². The first-order valence-electron chi connectivity index (χ1n) is 7.02. The SMILES string of the molecule is Fc1ccccc1/C=N\N1CCN(c2ccccn2)CC1. The molecule has 108 valence electrons. The summed E-state index contributed by atoms with van der Waals surface area (Å²) < 4.78 is 13.5. The molecule has 5 heteroatoms. The Hall–Kier alpha value is -2.43. The van der Waals surface area contributed by atoms with Crippen molar-refractivity contribution in [2.75, 3.05) is 31.1 Å². The maximum Gasteiger partial charge on any atom is 0.132 e. The maximum atomic E-state index is 13.5. The van der Waals surface area contributed by atoms with Gasteiger partial charge in [-0.15, -0.1) is 0 Å². The Balaban J connectivity index is 1.58. The van der Waals surface area contributed by atoms with E-state index in [2.05, 4.69) is 15.0 Å². The molecule has 21 heavy (non-hydrogen) atoms. The lowest BCUT2D eigenvalue weighted by molar-refractivity contribution is 0.271. The molecule has 0 aliphatic carbocycles. The van der Waals surface area contributed by atoms with E-state index in [1.54, 1.807) is 24.5 Å². The van der Waals surface area contributed by atoms with Crippen LogP contribution >= 0.6 is 0 Å². The fourth-order valence-corrected chi connectivity index (χ4v) is 2.30. The average Bonchev–Trinajstić information content (AvgIpc) is 2.55. The van der Waals surface area contributed by atoms with Gasteiger partial charge in [-0.3, -0.25) is 5.01 Å². The summed E-state index contributed by atoms with van der Waals surface area (Å²) in [5.41, 5.74) is 0.518. The van der Waals surface area contributed by atoms with Gasteiger partial charge in [0.25, 0.3) is 0 Å². The molecule has 0 spiro atoms. The fraction of sp³-hybridized carbons (Fsp3) is 0.250. The molecule has 0 bridgehead atoms. The molecule has 1 saturated heterocycles. The number of aromatic nitrogens is 1. The molecule has 0 atom stereocenters. The van der Waals surface area contributed by atoms with E-state index in [0.717, 1.165) is 32.0 Å². The molecule has 0 N–H and O–H groups in total. The number of hydrogen-bond acceptors (Lipinski definition) is 4. The first-order chi connectivity index (χ1) is 10.3. The van der Waals surface area contributed by atoms with Crippen molar-refractivity contribution in [3.8, 4) is 0 Å². The standard InChI is InChI=1S/C16H17FN4/c17-15-6-2-1-5-14(15)13-19-21-11-9-20(10-12-21)16-7-3-4-8-18-16/h1-8,13H,9-12H2/b19-13-. The second kappa shape index (κ2) is 6.35.